The number of hydrogen-bond donors (Lipinski definition) is 1. The topological polar surface area (TPSA) is 65.4 Å². The first-order chi connectivity index (χ1) is 10.2. The van der Waals surface area contributed by atoms with Gasteiger partial charge in [-0.25, -0.2) is 4.68 Å². The molecule has 0 saturated heterocycles. The number of nitrogens with zero attached hydrogens (tertiary/aromatic N) is 2. The molecule has 1 aromatic carbocycles. The second-order valence-corrected chi connectivity index (χ2v) is 4.59. The lowest BCUT2D eigenvalue weighted by Crippen LogP contribution is -2.20. The summed E-state index contributed by atoms with van der Waals surface area (Å²) in [6.45, 7) is 0.767. The summed E-state index contributed by atoms with van der Waals surface area (Å²) >= 11 is 6.19. The lowest BCUT2D eigenvalue weighted by molar-refractivity contribution is -0.121. The van der Waals surface area contributed by atoms with Crippen molar-refractivity contribution in [1.29, 1.82) is 0 Å². The molecule has 0 atom stereocenters. The van der Waals surface area contributed by atoms with Gasteiger partial charge in [-0.05, 0) is 18.2 Å². The van der Waals surface area contributed by atoms with Crippen molar-refractivity contribution in [2.75, 3.05) is 32.2 Å². The number of anilines is 1. The second-order valence-electron chi connectivity index (χ2n) is 4.18. The minimum Gasteiger partial charge on any atom is -0.382 e. The largest absolute Gasteiger partial charge is 0.382 e. The zero-order valence-electron chi connectivity index (χ0n) is 11.6. The number of benzene rings is 1. The van der Waals surface area contributed by atoms with E-state index in [-0.39, 0.29) is 12.5 Å². The number of ether oxygens (including phenoxy) is 2. The van der Waals surface area contributed by atoms with Gasteiger partial charge in [-0.2, -0.15) is 5.10 Å². The maximum atomic E-state index is 11.9. The van der Waals surface area contributed by atoms with E-state index in [0.717, 1.165) is 0 Å². The van der Waals surface area contributed by atoms with Crippen LogP contribution in [0.25, 0.3) is 5.69 Å². The third-order valence-corrected chi connectivity index (χ3v) is 2.96. The van der Waals surface area contributed by atoms with Crippen LogP contribution in [0.1, 0.15) is 0 Å². The minimum absolute atomic E-state index is 0.0472. The van der Waals surface area contributed by atoms with E-state index in [1.165, 1.54) is 0 Å². The van der Waals surface area contributed by atoms with Gasteiger partial charge in [0, 0.05) is 19.5 Å². The molecule has 0 radical (unpaired) electrons. The van der Waals surface area contributed by atoms with Gasteiger partial charge in [0.05, 0.1) is 23.9 Å². The maximum Gasteiger partial charge on any atom is 0.250 e. The molecule has 0 unspecified atom stereocenters. The fourth-order valence-electron chi connectivity index (χ4n) is 1.74. The van der Waals surface area contributed by atoms with E-state index in [2.05, 4.69) is 10.4 Å². The Morgan fingerprint density at radius 2 is 2.24 bits per heavy atom. The zero-order valence-corrected chi connectivity index (χ0v) is 12.3. The number of methoxy groups -OCH3 is 1. The van der Waals surface area contributed by atoms with Crippen molar-refractivity contribution in [2.24, 2.45) is 0 Å². The lowest BCUT2D eigenvalue weighted by Gasteiger charge is -2.12. The fourth-order valence-corrected chi connectivity index (χ4v) is 2.00. The van der Waals surface area contributed by atoms with Crippen LogP contribution < -0.4 is 5.32 Å². The van der Waals surface area contributed by atoms with Crippen LogP contribution in [0.4, 0.5) is 5.69 Å². The van der Waals surface area contributed by atoms with E-state index >= 15 is 0 Å². The standard InChI is InChI=1S/C14H16ClN3O3/c1-20-8-9-21-10-13(19)17-12-5-2-4-11(15)14(12)18-7-3-6-16-18/h2-7H,8-10H2,1H3,(H,17,19). The average Bonchev–Trinajstić information content (AvgIpc) is 2.97. The van der Waals surface area contributed by atoms with Gasteiger partial charge in [-0.1, -0.05) is 17.7 Å². The first kappa shape index (κ1) is 15.5. The number of carbonyl (C=O) groups is 1. The Morgan fingerprint density at radius 3 is 2.95 bits per heavy atom. The SMILES string of the molecule is COCCOCC(=O)Nc1cccc(Cl)c1-n1cccn1. The van der Waals surface area contributed by atoms with Crippen molar-refractivity contribution in [3.63, 3.8) is 0 Å². The monoisotopic (exact) mass is 309 g/mol. The summed E-state index contributed by atoms with van der Waals surface area (Å²) in [5.41, 5.74) is 1.20. The molecule has 0 aliphatic carbocycles. The molecule has 7 heteroatoms. The quantitative estimate of drug-likeness (QED) is 0.796. The van der Waals surface area contributed by atoms with Crippen molar-refractivity contribution in [3.8, 4) is 5.69 Å². The van der Waals surface area contributed by atoms with E-state index in [4.69, 9.17) is 21.1 Å². The molecule has 112 valence electrons. The van der Waals surface area contributed by atoms with Crippen molar-refractivity contribution < 1.29 is 14.3 Å². The number of hydrogen-bond acceptors (Lipinski definition) is 4. The van der Waals surface area contributed by atoms with Gasteiger partial charge in [0.1, 0.15) is 12.3 Å². The molecule has 0 aliphatic rings. The van der Waals surface area contributed by atoms with Crippen LogP contribution in [0, 0.1) is 0 Å². The van der Waals surface area contributed by atoms with Gasteiger partial charge in [0.25, 0.3) is 0 Å². The molecule has 0 aliphatic heterocycles. The molecule has 0 spiro atoms. The van der Waals surface area contributed by atoms with Gasteiger partial charge >= 0.3 is 0 Å². The molecule has 0 saturated carbocycles. The normalized spacial score (nSPS) is 10.6. The fraction of sp³-hybridized carbons (Fsp3) is 0.286. The highest BCUT2D eigenvalue weighted by Crippen LogP contribution is 2.27. The molecule has 1 N–H and O–H groups in total. The van der Waals surface area contributed by atoms with Gasteiger partial charge in [0.15, 0.2) is 0 Å². The number of amides is 1. The van der Waals surface area contributed by atoms with Gasteiger partial charge in [0.2, 0.25) is 5.91 Å². The molecule has 1 heterocycles. The van der Waals surface area contributed by atoms with Crippen molar-refractivity contribution in [1.82, 2.24) is 9.78 Å². The molecule has 1 aromatic heterocycles. The van der Waals surface area contributed by atoms with Crippen LogP contribution in [0.2, 0.25) is 5.02 Å². The minimum atomic E-state index is -0.262. The Kier molecular flexibility index (Phi) is 5.74. The third kappa shape index (κ3) is 4.29. The molecule has 2 rings (SSSR count). The van der Waals surface area contributed by atoms with Crippen LogP contribution in [0.15, 0.2) is 36.7 Å². The highest BCUT2D eigenvalue weighted by molar-refractivity contribution is 6.33. The number of nitrogens with one attached hydrogen (secondary N) is 1. The Balaban J connectivity index is 2.07. The molecular formula is C14H16ClN3O3. The van der Waals surface area contributed by atoms with Gasteiger partial charge in [-0.15, -0.1) is 0 Å². The summed E-state index contributed by atoms with van der Waals surface area (Å²) in [6, 6.07) is 7.04. The molecule has 0 fully saturated rings. The summed E-state index contributed by atoms with van der Waals surface area (Å²) in [6.07, 6.45) is 3.40. The first-order valence-corrected chi connectivity index (χ1v) is 6.75. The number of para-hydroxylation sites is 1. The lowest BCUT2D eigenvalue weighted by atomic mass is 10.2. The van der Waals surface area contributed by atoms with Gasteiger partial charge < -0.3 is 14.8 Å². The molecule has 0 bridgehead atoms. The number of carbonyl (C=O) groups excluding carboxylic acids is 1. The maximum absolute atomic E-state index is 11.9. The van der Waals surface area contributed by atoms with Crippen molar-refractivity contribution in [2.45, 2.75) is 0 Å². The van der Waals surface area contributed by atoms with E-state index in [9.17, 15) is 4.79 Å². The summed E-state index contributed by atoms with van der Waals surface area (Å²) in [5, 5.41) is 7.40. The van der Waals surface area contributed by atoms with Crippen LogP contribution in [0.3, 0.4) is 0 Å². The predicted octanol–water partition coefficient (Wildman–Crippen LogP) is 2.13. The van der Waals surface area contributed by atoms with E-state index in [1.807, 2.05) is 0 Å². The molecule has 1 amide bonds. The second kappa shape index (κ2) is 7.78. The zero-order chi connectivity index (χ0) is 15.1. The van der Waals surface area contributed by atoms with Gasteiger partial charge in [-0.3, -0.25) is 4.79 Å². The summed E-state index contributed by atoms with van der Waals surface area (Å²) < 4.78 is 11.6. The number of halogens is 1. The van der Waals surface area contributed by atoms with E-state index < -0.39 is 0 Å². The molecule has 6 nitrogen and oxygen atoms in total. The molecule has 2 aromatic rings. The summed E-state index contributed by atoms with van der Waals surface area (Å²) in [7, 11) is 1.58. The Hall–Kier alpha value is -1.89. The highest BCUT2D eigenvalue weighted by Gasteiger charge is 2.12. The molecular weight excluding hydrogens is 294 g/mol. The third-order valence-electron chi connectivity index (χ3n) is 2.66. The number of rotatable bonds is 7. The number of aromatic nitrogens is 2. The van der Waals surface area contributed by atoms with Crippen LogP contribution in [-0.2, 0) is 14.3 Å². The first-order valence-electron chi connectivity index (χ1n) is 6.37. The Bertz CT molecular complexity index is 587. The average molecular weight is 310 g/mol. The molecule has 21 heavy (non-hydrogen) atoms. The summed E-state index contributed by atoms with van der Waals surface area (Å²) in [4.78, 5) is 11.9. The van der Waals surface area contributed by atoms with E-state index in [1.54, 1.807) is 48.5 Å². The summed E-state index contributed by atoms with van der Waals surface area (Å²) in [5.74, 6) is -0.262. The van der Waals surface area contributed by atoms with E-state index in [0.29, 0.717) is 29.6 Å². The smallest absolute Gasteiger partial charge is 0.250 e. The predicted molar refractivity (Wildman–Crippen MR) is 79.9 cm³/mol. The van der Waals surface area contributed by atoms with Crippen LogP contribution in [-0.4, -0.2) is 42.6 Å². The Morgan fingerprint density at radius 1 is 1.38 bits per heavy atom. The highest BCUT2D eigenvalue weighted by atomic mass is 35.5. The van der Waals surface area contributed by atoms with Crippen LogP contribution >= 0.6 is 11.6 Å². The Labute approximate surface area is 127 Å². The van der Waals surface area contributed by atoms with Crippen molar-refractivity contribution >= 4 is 23.2 Å². The van der Waals surface area contributed by atoms with Crippen molar-refractivity contribution in [3.05, 3.63) is 41.7 Å². The van der Waals surface area contributed by atoms with Crippen LogP contribution in [0.5, 0.6) is 0 Å².